The SMILES string of the molecule is O=C1NC(=O)c2ccc(-c3ccc(Cl)s3)cc2C1=CNc1ccc(CN2CCCC2CO)cc1. The number of anilines is 1. The summed E-state index contributed by atoms with van der Waals surface area (Å²) in [5.74, 6) is -0.840. The summed E-state index contributed by atoms with van der Waals surface area (Å²) in [5.41, 5.74) is 4.35. The smallest absolute Gasteiger partial charge is 0.260 e. The van der Waals surface area contributed by atoms with Crippen LogP contribution in [0.2, 0.25) is 4.34 Å². The van der Waals surface area contributed by atoms with Crippen LogP contribution in [0.4, 0.5) is 5.69 Å². The van der Waals surface area contributed by atoms with Crippen LogP contribution in [0, 0.1) is 0 Å². The van der Waals surface area contributed by atoms with Crippen molar-refractivity contribution in [3.05, 3.63) is 81.8 Å². The number of nitrogens with zero attached hydrogens (tertiary/aromatic N) is 1. The zero-order chi connectivity index (χ0) is 23.7. The molecule has 3 N–H and O–H groups in total. The number of hydrogen-bond acceptors (Lipinski definition) is 6. The number of hydrogen-bond donors (Lipinski definition) is 3. The zero-order valence-corrected chi connectivity index (χ0v) is 20.0. The molecule has 1 aromatic heterocycles. The number of amides is 2. The molecule has 0 aliphatic carbocycles. The summed E-state index contributed by atoms with van der Waals surface area (Å²) in [6, 6.07) is 17.5. The third-order valence-electron chi connectivity index (χ3n) is 6.32. The van der Waals surface area contributed by atoms with Gasteiger partial charge >= 0.3 is 0 Å². The molecule has 0 spiro atoms. The first-order valence-electron chi connectivity index (χ1n) is 11.2. The van der Waals surface area contributed by atoms with Gasteiger partial charge in [0, 0.05) is 40.5 Å². The van der Waals surface area contributed by atoms with E-state index in [0.717, 1.165) is 42.1 Å². The molecule has 1 atom stereocenters. The van der Waals surface area contributed by atoms with Crippen LogP contribution in [0.15, 0.2) is 60.8 Å². The van der Waals surface area contributed by atoms with E-state index in [1.165, 1.54) is 16.9 Å². The molecule has 3 aromatic rings. The van der Waals surface area contributed by atoms with Crippen molar-refractivity contribution in [3.63, 3.8) is 0 Å². The highest BCUT2D eigenvalue weighted by atomic mass is 35.5. The van der Waals surface area contributed by atoms with Crippen LogP contribution in [0.5, 0.6) is 0 Å². The first-order valence-corrected chi connectivity index (χ1v) is 12.4. The lowest BCUT2D eigenvalue weighted by Crippen LogP contribution is -2.36. The molecule has 1 fully saturated rings. The number of thiophene rings is 1. The van der Waals surface area contributed by atoms with Gasteiger partial charge in [0.15, 0.2) is 0 Å². The van der Waals surface area contributed by atoms with E-state index in [9.17, 15) is 14.7 Å². The van der Waals surface area contributed by atoms with Crippen LogP contribution in [0.1, 0.15) is 34.3 Å². The number of benzene rings is 2. The second kappa shape index (κ2) is 9.72. The number of carbonyl (C=O) groups excluding carboxylic acids is 2. The summed E-state index contributed by atoms with van der Waals surface area (Å²) in [7, 11) is 0. The Morgan fingerprint density at radius 2 is 1.91 bits per heavy atom. The maximum atomic E-state index is 12.7. The summed E-state index contributed by atoms with van der Waals surface area (Å²) in [4.78, 5) is 28.3. The Morgan fingerprint density at radius 1 is 1.09 bits per heavy atom. The van der Waals surface area contributed by atoms with E-state index in [-0.39, 0.29) is 12.6 Å². The number of aliphatic hydroxyl groups excluding tert-OH is 1. The van der Waals surface area contributed by atoms with Gasteiger partial charge in [-0.3, -0.25) is 19.8 Å². The molecule has 1 unspecified atom stereocenters. The predicted octanol–water partition coefficient (Wildman–Crippen LogP) is 4.75. The summed E-state index contributed by atoms with van der Waals surface area (Å²) in [6.07, 6.45) is 3.80. The fourth-order valence-electron chi connectivity index (χ4n) is 4.50. The number of carbonyl (C=O) groups is 2. The Labute approximate surface area is 206 Å². The van der Waals surface area contributed by atoms with E-state index in [1.807, 2.05) is 48.5 Å². The van der Waals surface area contributed by atoms with E-state index in [4.69, 9.17) is 11.6 Å². The number of fused-ring (bicyclic) bond motifs is 1. The van der Waals surface area contributed by atoms with Gasteiger partial charge in [0.05, 0.1) is 16.5 Å². The maximum Gasteiger partial charge on any atom is 0.260 e. The number of likely N-dealkylation sites (tertiary alicyclic amines) is 1. The lowest BCUT2D eigenvalue weighted by atomic mass is 9.93. The van der Waals surface area contributed by atoms with Crippen LogP contribution in [0.3, 0.4) is 0 Å². The standard InChI is InChI=1S/C26H24ClN3O3S/c27-24-10-9-23(34-24)17-5-8-20-21(12-17)22(26(33)29-25(20)32)13-28-18-6-3-16(4-7-18)14-30-11-1-2-19(30)15-31/h3-10,12-13,19,28,31H,1-2,11,14-15H2,(H,29,32,33). The summed E-state index contributed by atoms with van der Waals surface area (Å²) >= 11 is 7.53. The highest BCUT2D eigenvalue weighted by molar-refractivity contribution is 7.19. The van der Waals surface area contributed by atoms with Gasteiger partial charge in [0.2, 0.25) is 0 Å². The Hall–Kier alpha value is -2.97. The van der Waals surface area contributed by atoms with E-state index in [2.05, 4.69) is 15.5 Å². The summed E-state index contributed by atoms with van der Waals surface area (Å²) in [6.45, 7) is 2.00. The van der Waals surface area contributed by atoms with Crippen LogP contribution in [-0.2, 0) is 11.3 Å². The van der Waals surface area contributed by atoms with Gasteiger partial charge in [-0.05, 0) is 66.9 Å². The molecule has 8 heteroatoms. The number of nitrogens with one attached hydrogen (secondary N) is 2. The van der Waals surface area contributed by atoms with Crippen molar-refractivity contribution in [2.45, 2.75) is 25.4 Å². The van der Waals surface area contributed by atoms with Gasteiger partial charge in [0.1, 0.15) is 0 Å². The molecule has 34 heavy (non-hydrogen) atoms. The van der Waals surface area contributed by atoms with Crippen LogP contribution in [0.25, 0.3) is 16.0 Å². The molecule has 6 nitrogen and oxygen atoms in total. The minimum absolute atomic E-state index is 0.195. The molecule has 2 aromatic carbocycles. The minimum atomic E-state index is -0.438. The average Bonchev–Trinajstić information content (AvgIpc) is 3.48. The van der Waals surface area contributed by atoms with Crippen molar-refractivity contribution in [2.75, 3.05) is 18.5 Å². The highest BCUT2D eigenvalue weighted by Gasteiger charge is 2.28. The first kappa shape index (κ1) is 22.8. The number of rotatable bonds is 6. The molecule has 0 bridgehead atoms. The van der Waals surface area contributed by atoms with E-state index in [1.54, 1.807) is 12.3 Å². The monoisotopic (exact) mass is 493 g/mol. The maximum absolute atomic E-state index is 12.7. The molecule has 2 amide bonds. The van der Waals surface area contributed by atoms with Crippen molar-refractivity contribution < 1.29 is 14.7 Å². The van der Waals surface area contributed by atoms with Crippen molar-refractivity contribution in [1.82, 2.24) is 10.2 Å². The van der Waals surface area contributed by atoms with Crippen LogP contribution in [-0.4, -0.2) is 41.0 Å². The van der Waals surface area contributed by atoms with E-state index < -0.39 is 11.8 Å². The van der Waals surface area contributed by atoms with Crippen molar-refractivity contribution in [3.8, 4) is 10.4 Å². The largest absolute Gasteiger partial charge is 0.395 e. The molecule has 1 saturated heterocycles. The Kier molecular flexibility index (Phi) is 6.52. The van der Waals surface area contributed by atoms with Crippen LogP contribution < -0.4 is 10.6 Å². The molecule has 3 heterocycles. The lowest BCUT2D eigenvalue weighted by molar-refractivity contribution is -0.114. The van der Waals surface area contributed by atoms with Gasteiger partial charge in [0.25, 0.3) is 11.8 Å². The fraction of sp³-hybridized carbons (Fsp3) is 0.231. The fourth-order valence-corrected chi connectivity index (χ4v) is 5.54. The van der Waals surface area contributed by atoms with Crippen molar-refractivity contribution >= 4 is 46.0 Å². The van der Waals surface area contributed by atoms with Crippen LogP contribution >= 0.6 is 22.9 Å². The molecule has 174 valence electrons. The Morgan fingerprint density at radius 3 is 2.65 bits per heavy atom. The molecule has 5 rings (SSSR count). The molecular formula is C26H24ClN3O3S. The topological polar surface area (TPSA) is 81.7 Å². The average molecular weight is 494 g/mol. The molecular weight excluding hydrogens is 470 g/mol. The van der Waals surface area contributed by atoms with Gasteiger partial charge in [-0.15, -0.1) is 11.3 Å². The quantitative estimate of drug-likeness (QED) is 0.341. The number of halogens is 1. The van der Waals surface area contributed by atoms with Crippen molar-refractivity contribution in [2.24, 2.45) is 0 Å². The van der Waals surface area contributed by atoms with Gasteiger partial charge in [-0.1, -0.05) is 29.8 Å². The highest BCUT2D eigenvalue weighted by Crippen LogP contribution is 2.34. The molecule has 2 aliphatic rings. The van der Waals surface area contributed by atoms with Gasteiger partial charge in [-0.2, -0.15) is 0 Å². The minimum Gasteiger partial charge on any atom is -0.395 e. The van der Waals surface area contributed by atoms with E-state index >= 15 is 0 Å². The normalized spacial score (nSPS) is 19.4. The summed E-state index contributed by atoms with van der Waals surface area (Å²) in [5, 5.41) is 15.1. The Bertz CT molecular complexity index is 1270. The third kappa shape index (κ3) is 4.65. The zero-order valence-electron chi connectivity index (χ0n) is 18.4. The molecule has 0 radical (unpaired) electrons. The van der Waals surface area contributed by atoms with Gasteiger partial charge in [-0.25, -0.2) is 0 Å². The number of aliphatic hydroxyl groups is 1. The van der Waals surface area contributed by atoms with Gasteiger partial charge < -0.3 is 10.4 Å². The Balaban J connectivity index is 1.37. The summed E-state index contributed by atoms with van der Waals surface area (Å²) < 4.78 is 0.680. The lowest BCUT2D eigenvalue weighted by Gasteiger charge is -2.22. The molecule has 2 aliphatic heterocycles. The second-order valence-electron chi connectivity index (χ2n) is 8.50. The first-order chi connectivity index (χ1) is 16.5. The second-order valence-corrected chi connectivity index (χ2v) is 10.2. The third-order valence-corrected chi connectivity index (χ3v) is 7.60. The van der Waals surface area contributed by atoms with E-state index in [0.29, 0.717) is 21.0 Å². The number of imide groups is 1. The predicted molar refractivity (Wildman–Crippen MR) is 136 cm³/mol. The molecule has 0 saturated carbocycles. The van der Waals surface area contributed by atoms with Crippen molar-refractivity contribution in [1.29, 1.82) is 0 Å².